The molecule has 1 aromatic rings. The maximum Gasteiger partial charge on any atom is 0.311 e. The zero-order chi connectivity index (χ0) is 10.6. The number of nitrogens with zero attached hydrogens (tertiary/aromatic N) is 2. The number of hydrogen-bond acceptors (Lipinski definition) is 6. The molecule has 1 rings (SSSR count). The van der Waals surface area contributed by atoms with Crippen molar-refractivity contribution in [1.82, 2.24) is 4.98 Å². The van der Waals surface area contributed by atoms with Crippen LogP contribution in [0.4, 0.5) is 11.5 Å². The molecule has 0 amide bonds. The van der Waals surface area contributed by atoms with Crippen LogP contribution in [0.2, 0.25) is 0 Å². The van der Waals surface area contributed by atoms with E-state index in [1.54, 1.807) is 6.07 Å². The molecule has 0 unspecified atom stereocenters. The average molecular weight is 214 g/mol. The lowest BCUT2D eigenvalue weighted by Crippen LogP contribution is -2.02. The number of rotatable bonds is 4. The maximum absolute atomic E-state index is 10.4. The Morgan fingerprint density at radius 2 is 2.29 bits per heavy atom. The van der Waals surface area contributed by atoms with Crippen LogP contribution < -0.4 is 11.5 Å². The number of hydrogen-bond donors (Lipinski definition) is 2. The minimum Gasteiger partial charge on any atom is -0.378 e. The Bertz CT molecular complexity index is 344. The third-order valence-electron chi connectivity index (χ3n) is 1.44. The molecule has 4 N–H and O–H groups in total. The fraction of sp³-hybridized carbons (Fsp3) is 0.286. The van der Waals surface area contributed by atoms with Crippen molar-refractivity contribution in [1.29, 1.82) is 0 Å². The molecule has 1 heterocycles. The third-order valence-corrected chi connectivity index (χ3v) is 2.40. The van der Waals surface area contributed by atoms with Gasteiger partial charge in [-0.05, 0) is 6.07 Å². The predicted molar refractivity (Wildman–Crippen MR) is 55.1 cm³/mol. The molecule has 0 aromatic carbocycles. The molecule has 0 aliphatic heterocycles. The molecule has 0 saturated heterocycles. The summed E-state index contributed by atoms with van der Waals surface area (Å²) in [7, 11) is 0. The summed E-state index contributed by atoms with van der Waals surface area (Å²) < 4.78 is 0. The molecule has 0 atom stereocenters. The first-order valence-corrected chi connectivity index (χ1v) is 4.87. The Hall–Kier alpha value is -1.34. The van der Waals surface area contributed by atoms with Crippen molar-refractivity contribution in [2.24, 2.45) is 5.73 Å². The van der Waals surface area contributed by atoms with Crippen LogP contribution in [0.1, 0.15) is 0 Å². The van der Waals surface area contributed by atoms with Gasteiger partial charge in [0.05, 0.1) is 9.95 Å². The van der Waals surface area contributed by atoms with Gasteiger partial charge in [0.2, 0.25) is 5.82 Å². The fourth-order valence-corrected chi connectivity index (χ4v) is 1.50. The number of aromatic nitrogens is 1. The number of anilines is 1. The highest BCUT2D eigenvalue weighted by Gasteiger charge is 2.12. The molecule has 0 fully saturated rings. The standard InChI is InChI=1S/C7H10N4O2S/c8-3-4-14-6-2-1-5(11(12)13)7(9)10-6/h1-2H,3-4,8H2,(H2,9,10). The Morgan fingerprint density at radius 3 is 2.79 bits per heavy atom. The quantitative estimate of drug-likeness (QED) is 0.432. The SMILES string of the molecule is NCCSc1ccc([N+](=O)[O-])c(N)n1. The minimum absolute atomic E-state index is 0.0583. The van der Waals surface area contributed by atoms with E-state index in [-0.39, 0.29) is 11.5 Å². The number of nitrogen functional groups attached to an aromatic ring is 1. The summed E-state index contributed by atoms with van der Waals surface area (Å²) in [6.07, 6.45) is 0. The van der Waals surface area contributed by atoms with Crippen molar-refractivity contribution in [3.8, 4) is 0 Å². The second-order valence-corrected chi connectivity index (χ2v) is 3.56. The Morgan fingerprint density at radius 1 is 1.57 bits per heavy atom. The summed E-state index contributed by atoms with van der Waals surface area (Å²) in [5.41, 5.74) is 10.5. The highest BCUT2D eigenvalue weighted by molar-refractivity contribution is 7.99. The van der Waals surface area contributed by atoms with Crippen molar-refractivity contribution in [2.75, 3.05) is 18.0 Å². The van der Waals surface area contributed by atoms with E-state index in [2.05, 4.69) is 4.98 Å². The zero-order valence-electron chi connectivity index (χ0n) is 7.34. The summed E-state index contributed by atoms with van der Waals surface area (Å²) in [6.45, 7) is 0.531. The van der Waals surface area contributed by atoms with Gasteiger partial charge in [-0.2, -0.15) is 0 Å². The van der Waals surface area contributed by atoms with Crippen LogP contribution in [0, 0.1) is 10.1 Å². The van der Waals surface area contributed by atoms with E-state index >= 15 is 0 Å². The summed E-state index contributed by atoms with van der Waals surface area (Å²) in [5, 5.41) is 11.1. The number of nitro groups is 1. The largest absolute Gasteiger partial charge is 0.378 e. The van der Waals surface area contributed by atoms with Gasteiger partial charge in [-0.25, -0.2) is 4.98 Å². The van der Waals surface area contributed by atoms with Crippen molar-refractivity contribution >= 4 is 23.3 Å². The first kappa shape index (κ1) is 10.7. The minimum atomic E-state index is -0.556. The molecule has 76 valence electrons. The van der Waals surface area contributed by atoms with Gasteiger partial charge >= 0.3 is 5.69 Å². The highest BCUT2D eigenvalue weighted by atomic mass is 32.2. The van der Waals surface area contributed by atoms with Crippen LogP contribution >= 0.6 is 11.8 Å². The molecule has 14 heavy (non-hydrogen) atoms. The molecule has 0 saturated carbocycles. The monoisotopic (exact) mass is 214 g/mol. The van der Waals surface area contributed by atoms with E-state index in [4.69, 9.17) is 11.5 Å². The zero-order valence-corrected chi connectivity index (χ0v) is 8.16. The van der Waals surface area contributed by atoms with Gasteiger partial charge in [-0.15, -0.1) is 11.8 Å². The van der Waals surface area contributed by atoms with Gasteiger partial charge < -0.3 is 11.5 Å². The predicted octanol–water partition coefficient (Wildman–Crippen LogP) is 0.623. The second kappa shape index (κ2) is 4.77. The van der Waals surface area contributed by atoms with Gasteiger partial charge in [0.25, 0.3) is 0 Å². The highest BCUT2D eigenvalue weighted by Crippen LogP contribution is 2.23. The number of thioether (sulfide) groups is 1. The molecule has 0 aliphatic rings. The van der Waals surface area contributed by atoms with Crippen LogP contribution in [0.15, 0.2) is 17.2 Å². The summed E-state index contributed by atoms with van der Waals surface area (Å²) in [6, 6.07) is 2.91. The van der Waals surface area contributed by atoms with Crippen LogP contribution in [0.25, 0.3) is 0 Å². The van der Waals surface area contributed by atoms with Crippen LogP contribution in [-0.2, 0) is 0 Å². The van der Waals surface area contributed by atoms with Gasteiger partial charge in [0.1, 0.15) is 0 Å². The van der Waals surface area contributed by atoms with E-state index in [9.17, 15) is 10.1 Å². The first-order valence-electron chi connectivity index (χ1n) is 3.89. The summed E-state index contributed by atoms with van der Waals surface area (Å²) in [5.74, 6) is 0.654. The van der Waals surface area contributed by atoms with E-state index in [1.807, 2.05) is 0 Å². The Balaban J connectivity index is 2.83. The molecule has 0 aliphatic carbocycles. The van der Waals surface area contributed by atoms with Gasteiger partial charge in [-0.1, -0.05) is 0 Å². The van der Waals surface area contributed by atoms with E-state index in [0.29, 0.717) is 17.3 Å². The smallest absolute Gasteiger partial charge is 0.311 e. The van der Waals surface area contributed by atoms with Gasteiger partial charge in [0, 0.05) is 18.4 Å². The molecular weight excluding hydrogens is 204 g/mol. The van der Waals surface area contributed by atoms with Crippen molar-refractivity contribution in [3.05, 3.63) is 22.2 Å². The van der Waals surface area contributed by atoms with Gasteiger partial charge in [0.15, 0.2) is 0 Å². The summed E-state index contributed by atoms with van der Waals surface area (Å²) >= 11 is 1.42. The van der Waals surface area contributed by atoms with Crippen LogP contribution in [0.5, 0.6) is 0 Å². The van der Waals surface area contributed by atoms with E-state index < -0.39 is 4.92 Å². The summed E-state index contributed by atoms with van der Waals surface area (Å²) in [4.78, 5) is 13.7. The molecule has 0 radical (unpaired) electrons. The van der Waals surface area contributed by atoms with Crippen molar-refractivity contribution < 1.29 is 4.92 Å². The molecule has 0 spiro atoms. The molecule has 0 bridgehead atoms. The van der Waals surface area contributed by atoms with Crippen molar-refractivity contribution in [2.45, 2.75) is 5.03 Å². The average Bonchev–Trinajstić information content (AvgIpc) is 2.14. The second-order valence-electron chi connectivity index (χ2n) is 2.45. The van der Waals surface area contributed by atoms with E-state index in [1.165, 1.54) is 17.8 Å². The van der Waals surface area contributed by atoms with Gasteiger partial charge in [-0.3, -0.25) is 10.1 Å². The molecule has 1 aromatic heterocycles. The molecule has 7 heteroatoms. The van der Waals surface area contributed by atoms with E-state index in [0.717, 1.165) is 0 Å². The lowest BCUT2D eigenvalue weighted by atomic mass is 10.4. The lowest BCUT2D eigenvalue weighted by Gasteiger charge is -2.00. The Kier molecular flexibility index (Phi) is 3.66. The number of pyridine rings is 1. The molecule has 6 nitrogen and oxygen atoms in total. The fourth-order valence-electron chi connectivity index (χ4n) is 0.847. The van der Waals surface area contributed by atoms with Crippen LogP contribution in [-0.4, -0.2) is 22.2 Å². The normalized spacial score (nSPS) is 10.1. The van der Waals surface area contributed by atoms with Crippen LogP contribution in [0.3, 0.4) is 0 Å². The topological polar surface area (TPSA) is 108 Å². The third kappa shape index (κ3) is 2.57. The molecular formula is C7H10N4O2S. The van der Waals surface area contributed by atoms with Crippen molar-refractivity contribution in [3.63, 3.8) is 0 Å². The first-order chi connectivity index (χ1) is 6.65. The maximum atomic E-state index is 10.4. The number of nitrogens with two attached hydrogens (primary N) is 2. The lowest BCUT2D eigenvalue weighted by molar-refractivity contribution is -0.384. The Labute approximate surface area is 84.8 Å².